The Hall–Kier alpha value is -1.16. The summed E-state index contributed by atoms with van der Waals surface area (Å²) in [6.07, 6.45) is 2.41. The Kier molecular flexibility index (Phi) is 4.20. The van der Waals surface area contributed by atoms with Crippen molar-refractivity contribution in [3.05, 3.63) is 57.2 Å². The van der Waals surface area contributed by atoms with E-state index in [2.05, 4.69) is 22.4 Å². The van der Waals surface area contributed by atoms with Crippen molar-refractivity contribution >= 4 is 28.7 Å². The number of hydrogen-bond acceptors (Lipinski definition) is 3. The smallest absolute Gasteiger partial charge is 0.176 e. The fourth-order valence-electron chi connectivity index (χ4n) is 2.29. The van der Waals surface area contributed by atoms with Crippen LogP contribution in [0.3, 0.4) is 0 Å². The van der Waals surface area contributed by atoms with Gasteiger partial charge in [-0.25, -0.2) is 0 Å². The van der Waals surface area contributed by atoms with Gasteiger partial charge >= 0.3 is 0 Å². The lowest BCUT2D eigenvalue weighted by Crippen LogP contribution is -2.31. The maximum absolute atomic E-state index is 12.4. The molecule has 104 valence electrons. The van der Waals surface area contributed by atoms with Crippen LogP contribution in [-0.4, -0.2) is 23.3 Å². The molecule has 1 fully saturated rings. The number of thiophene rings is 1. The molecule has 1 aliphatic rings. The van der Waals surface area contributed by atoms with Crippen molar-refractivity contribution in [2.45, 2.75) is 25.4 Å². The lowest BCUT2D eigenvalue weighted by Gasteiger charge is -2.20. The monoisotopic (exact) mass is 305 g/mol. The zero-order valence-electron chi connectivity index (χ0n) is 11.1. The summed E-state index contributed by atoms with van der Waals surface area (Å²) in [6, 6.07) is 12.0. The van der Waals surface area contributed by atoms with Crippen LogP contribution in [0.15, 0.2) is 41.8 Å². The first kappa shape index (κ1) is 13.8. The third kappa shape index (κ3) is 3.48. The van der Waals surface area contributed by atoms with Crippen molar-refractivity contribution in [2.75, 3.05) is 6.54 Å². The zero-order valence-corrected chi connectivity index (χ0v) is 12.7. The van der Waals surface area contributed by atoms with Crippen molar-refractivity contribution in [2.24, 2.45) is 0 Å². The van der Waals surface area contributed by atoms with Crippen molar-refractivity contribution < 1.29 is 4.79 Å². The molecule has 0 saturated heterocycles. The number of Topliss-reactive ketones (excluding diaryl/α,β-unsaturated/α-hetero) is 1. The first-order valence-electron chi connectivity index (χ1n) is 6.77. The minimum Gasteiger partial charge on any atom is -0.293 e. The van der Waals surface area contributed by atoms with Gasteiger partial charge in [-0.3, -0.25) is 9.69 Å². The molecule has 2 aromatic rings. The summed E-state index contributed by atoms with van der Waals surface area (Å²) >= 11 is 7.70. The van der Waals surface area contributed by atoms with Gasteiger partial charge in [0.2, 0.25) is 0 Å². The van der Waals surface area contributed by atoms with Gasteiger partial charge < -0.3 is 0 Å². The van der Waals surface area contributed by atoms with E-state index in [0.29, 0.717) is 23.2 Å². The maximum atomic E-state index is 12.4. The number of ketones is 1. The predicted molar refractivity (Wildman–Crippen MR) is 83.5 cm³/mol. The molecule has 0 aliphatic heterocycles. The fraction of sp³-hybridized carbons (Fsp3) is 0.312. The molecule has 0 spiro atoms. The van der Waals surface area contributed by atoms with Crippen LogP contribution in [0.2, 0.25) is 5.02 Å². The Labute approximate surface area is 128 Å². The molecule has 20 heavy (non-hydrogen) atoms. The number of rotatable bonds is 6. The summed E-state index contributed by atoms with van der Waals surface area (Å²) in [5, 5.41) is 2.70. The molecule has 1 aliphatic carbocycles. The van der Waals surface area contributed by atoms with Crippen LogP contribution < -0.4 is 0 Å². The SMILES string of the molecule is O=C(CN(Cc1cccs1)C1CC1)c1cccc(Cl)c1. The molecule has 0 unspecified atom stereocenters. The van der Waals surface area contributed by atoms with E-state index in [4.69, 9.17) is 11.6 Å². The minimum atomic E-state index is 0.149. The number of halogens is 1. The highest BCUT2D eigenvalue weighted by atomic mass is 35.5. The van der Waals surface area contributed by atoms with Crippen LogP contribution in [0.5, 0.6) is 0 Å². The zero-order chi connectivity index (χ0) is 13.9. The van der Waals surface area contributed by atoms with Gasteiger partial charge in [0, 0.05) is 28.0 Å². The van der Waals surface area contributed by atoms with Gasteiger partial charge in [-0.05, 0) is 36.4 Å². The first-order valence-corrected chi connectivity index (χ1v) is 8.03. The van der Waals surface area contributed by atoms with Crippen LogP contribution in [0, 0.1) is 0 Å². The molecule has 2 nitrogen and oxygen atoms in total. The van der Waals surface area contributed by atoms with E-state index >= 15 is 0 Å². The van der Waals surface area contributed by atoms with Crippen LogP contribution in [-0.2, 0) is 6.54 Å². The van der Waals surface area contributed by atoms with E-state index < -0.39 is 0 Å². The quantitative estimate of drug-likeness (QED) is 0.744. The standard InChI is InChI=1S/C16H16ClNOS/c17-13-4-1-3-12(9-13)16(19)11-18(14-6-7-14)10-15-5-2-8-20-15/h1-5,8-9,14H,6-7,10-11H2. The van der Waals surface area contributed by atoms with E-state index in [-0.39, 0.29) is 5.78 Å². The molecule has 4 heteroatoms. The number of benzene rings is 1. The van der Waals surface area contributed by atoms with Crippen LogP contribution in [0.1, 0.15) is 28.1 Å². The summed E-state index contributed by atoms with van der Waals surface area (Å²) in [5.74, 6) is 0.149. The van der Waals surface area contributed by atoms with Crippen molar-refractivity contribution in [1.29, 1.82) is 0 Å². The number of hydrogen-bond donors (Lipinski definition) is 0. The Morgan fingerprint density at radius 3 is 2.80 bits per heavy atom. The lowest BCUT2D eigenvalue weighted by atomic mass is 10.1. The molecule has 1 saturated carbocycles. The third-order valence-corrected chi connectivity index (χ3v) is 4.59. The molecule has 0 radical (unpaired) electrons. The normalized spacial score (nSPS) is 14.7. The lowest BCUT2D eigenvalue weighted by molar-refractivity contribution is 0.0920. The number of carbonyl (C=O) groups is 1. The Balaban J connectivity index is 1.68. The highest BCUT2D eigenvalue weighted by Crippen LogP contribution is 2.29. The molecule has 3 rings (SSSR count). The molecule has 1 aromatic carbocycles. The maximum Gasteiger partial charge on any atom is 0.176 e. The molecular formula is C16H16ClNOS. The predicted octanol–water partition coefficient (Wildman–Crippen LogP) is 4.25. The highest BCUT2D eigenvalue weighted by Gasteiger charge is 2.30. The van der Waals surface area contributed by atoms with Crippen LogP contribution >= 0.6 is 22.9 Å². The van der Waals surface area contributed by atoms with Gasteiger partial charge in [0.1, 0.15) is 0 Å². The van der Waals surface area contributed by atoms with E-state index in [1.165, 1.54) is 17.7 Å². The first-order chi connectivity index (χ1) is 9.72. The molecule has 0 amide bonds. The fourth-order valence-corrected chi connectivity index (χ4v) is 3.21. The molecule has 1 aromatic heterocycles. The molecule has 0 atom stereocenters. The largest absolute Gasteiger partial charge is 0.293 e. The second kappa shape index (κ2) is 6.08. The van der Waals surface area contributed by atoms with Crippen molar-refractivity contribution in [3.8, 4) is 0 Å². The summed E-state index contributed by atoms with van der Waals surface area (Å²) in [6.45, 7) is 1.34. The average molecular weight is 306 g/mol. The van der Waals surface area contributed by atoms with Gasteiger partial charge in [0.05, 0.1) is 6.54 Å². The van der Waals surface area contributed by atoms with Crippen LogP contribution in [0.4, 0.5) is 0 Å². The molecule has 1 heterocycles. The number of nitrogens with zero attached hydrogens (tertiary/aromatic N) is 1. The van der Waals surface area contributed by atoms with Gasteiger partial charge in [-0.2, -0.15) is 0 Å². The van der Waals surface area contributed by atoms with E-state index in [1.807, 2.05) is 12.1 Å². The second-order valence-electron chi connectivity index (χ2n) is 5.15. The van der Waals surface area contributed by atoms with Crippen molar-refractivity contribution in [3.63, 3.8) is 0 Å². The summed E-state index contributed by atoms with van der Waals surface area (Å²) < 4.78 is 0. The number of carbonyl (C=O) groups excluding carboxylic acids is 1. The molecule has 0 N–H and O–H groups in total. The van der Waals surface area contributed by atoms with E-state index in [0.717, 1.165) is 6.54 Å². The Bertz CT molecular complexity index is 592. The van der Waals surface area contributed by atoms with Gasteiger partial charge in [-0.15, -0.1) is 11.3 Å². The Morgan fingerprint density at radius 1 is 1.30 bits per heavy atom. The Morgan fingerprint density at radius 2 is 2.15 bits per heavy atom. The van der Waals surface area contributed by atoms with Crippen LogP contribution in [0.25, 0.3) is 0 Å². The molecule has 0 bridgehead atoms. The third-order valence-electron chi connectivity index (χ3n) is 3.50. The van der Waals surface area contributed by atoms with Gasteiger partial charge in [-0.1, -0.05) is 29.8 Å². The van der Waals surface area contributed by atoms with E-state index in [1.54, 1.807) is 23.5 Å². The topological polar surface area (TPSA) is 20.3 Å². The molecular weight excluding hydrogens is 290 g/mol. The van der Waals surface area contributed by atoms with E-state index in [9.17, 15) is 4.79 Å². The average Bonchev–Trinajstić information content (AvgIpc) is 3.16. The summed E-state index contributed by atoms with van der Waals surface area (Å²) in [4.78, 5) is 16.0. The van der Waals surface area contributed by atoms with Crippen molar-refractivity contribution in [1.82, 2.24) is 4.90 Å². The summed E-state index contributed by atoms with van der Waals surface area (Å²) in [7, 11) is 0. The van der Waals surface area contributed by atoms with Gasteiger partial charge in [0.25, 0.3) is 0 Å². The minimum absolute atomic E-state index is 0.149. The summed E-state index contributed by atoms with van der Waals surface area (Å²) in [5.41, 5.74) is 0.703. The highest BCUT2D eigenvalue weighted by molar-refractivity contribution is 7.09. The van der Waals surface area contributed by atoms with Gasteiger partial charge in [0.15, 0.2) is 5.78 Å². The second-order valence-corrected chi connectivity index (χ2v) is 6.62.